The van der Waals surface area contributed by atoms with Crippen LogP contribution in [-0.2, 0) is 9.59 Å². The maximum absolute atomic E-state index is 11.6. The number of carbonyl (C=O) groups excluding carboxylic acids is 2. The van der Waals surface area contributed by atoms with Crippen LogP contribution in [0.5, 0.6) is 0 Å². The summed E-state index contributed by atoms with van der Waals surface area (Å²) in [6, 6.07) is 1.96. The smallest absolute Gasteiger partial charge is 0.294 e. The fraction of sp³-hybridized carbons (Fsp3) is 0.250. The maximum atomic E-state index is 11.6. The third kappa shape index (κ3) is 3.96. The number of rotatable bonds is 6. The van der Waals surface area contributed by atoms with Crippen molar-refractivity contribution < 1.29 is 19.4 Å². The zero-order valence-corrected chi connectivity index (χ0v) is 15.0. The minimum Gasteiger partial charge on any atom is -0.396 e. The van der Waals surface area contributed by atoms with Gasteiger partial charge in [0, 0.05) is 29.2 Å². The van der Waals surface area contributed by atoms with E-state index >= 15 is 0 Å². The van der Waals surface area contributed by atoms with Crippen LogP contribution in [0.2, 0.25) is 0 Å². The first kappa shape index (κ1) is 20.5. The summed E-state index contributed by atoms with van der Waals surface area (Å²) in [6.07, 6.45) is 2.40. The van der Waals surface area contributed by atoms with E-state index in [-0.39, 0.29) is 22.6 Å². The summed E-state index contributed by atoms with van der Waals surface area (Å²) in [5.41, 5.74) is 9.14. The number of anilines is 2. The number of benzene rings is 1. The number of amides is 1. The van der Waals surface area contributed by atoms with Crippen LogP contribution >= 0.6 is 0 Å². The molecular weight excluding hydrogens is 372 g/mol. The zero-order valence-electron chi connectivity index (χ0n) is 15.0. The van der Waals surface area contributed by atoms with E-state index in [1.807, 2.05) is 0 Å². The largest absolute Gasteiger partial charge is 0.396 e. The molecule has 0 fully saturated rings. The quantitative estimate of drug-likeness (QED) is 0.306. The van der Waals surface area contributed by atoms with Crippen LogP contribution < -0.4 is 22.1 Å². The van der Waals surface area contributed by atoms with Crippen molar-refractivity contribution in [2.75, 3.05) is 10.6 Å². The number of hydrogen-bond acceptors (Lipinski definition) is 9. The second kappa shape index (κ2) is 7.44. The standard InChI is InChI=1S/C16H18N6O6/c1-8(23)11-5-6-16(18,15(14(11)17)22(27)28)20-12-4-3-10(19-9(2)24)7-13(12)21(25)26/h3-7,15,20H,17-18H2,1-2H3,(H,19,24). The van der Waals surface area contributed by atoms with Crippen molar-refractivity contribution in [3.8, 4) is 0 Å². The fourth-order valence-corrected chi connectivity index (χ4v) is 2.83. The Bertz CT molecular complexity index is 940. The van der Waals surface area contributed by atoms with Crippen LogP contribution in [0.3, 0.4) is 0 Å². The second-order valence-corrected chi connectivity index (χ2v) is 6.17. The molecule has 2 unspecified atom stereocenters. The van der Waals surface area contributed by atoms with Crippen LogP contribution in [0.15, 0.2) is 41.6 Å². The molecule has 12 heteroatoms. The Hall–Kier alpha value is -3.80. The Kier molecular flexibility index (Phi) is 5.45. The number of nitrogens with one attached hydrogen (secondary N) is 2. The number of allylic oxidation sites excluding steroid dienone is 2. The molecule has 0 saturated carbocycles. The molecule has 0 bridgehead atoms. The molecule has 1 amide bonds. The first-order valence-corrected chi connectivity index (χ1v) is 7.92. The molecule has 1 aliphatic rings. The Morgan fingerprint density at radius 1 is 1.21 bits per heavy atom. The maximum Gasteiger partial charge on any atom is 0.294 e. The summed E-state index contributed by atoms with van der Waals surface area (Å²) in [5.74, 6) is -0.906. The van der Waals surface area contributed by atoms with Gasteiger partial charge in [-0.05, 0) is 31.2 Å². The molecule has 0 heterocycles. The van der Waals surface area contributed by atoms with E-state index < -0.39 is 38.9 Å². The average Bonchev–Trinajstić information content (AvgIpc) is 2.54. The summed E-state index contributed by atoms with van der Waals surface area (Å²) in [4.78, 5) is 44.2. The molecule has 0 radical (unpaired) electrons. The van der Waals surface area contributed by atoms with Crippen molar-refractivity contribution >= 4 is 28.8 Å². The van der Waals surface area contributed by atoms with E-state index in [0.717, 1.165) is 6.07 Å². The van der Waals surface area contributed by atoms with Gasteiger partial charge in [-0.1, -0.05) is 0 Å². The van der Waals surface area contributed by atoms with Gasteiger partial charge < -0.3 is 16.4 Å². The van der Waals surface area contributed by atoms with Gasteiger partial charge in [0.2, 0.25) is 5.91 Å². The van der Waals surface area contributed by atoms with Crippen molar-refractivity contribution in [3.63, 3.8) is 0 Å². The lowest BCUT2D eigenvalue weighted by Gasteiger charge is -2.33. The number of ketones is 1. The highest BCUT2D eigenvalue weighted by molar-refractivity contribution is 5.97. The summed E-state index contributed by atoms with van der Waals surface area (Å²) in [7, 11) is 0. The number of nitrogens with zero attached hydrogens (tertiary/aromatic N) is 2. The number of carbonyl (C=O) groups is 2. The zero-order chi connectivity index (χ0) is 21.2. The van der Waals surface area contributed by atoms with E-state index in [4.69, 9.17) is 11.5 Å². The Morgan fingerprint density at radius 2 is 1.86 bits per heavy atom. The van der Waals surface area contributed by atoms with E-state index in [2.05, 4.69) is 10.6 Å². The minimum absolute atomic E-state index is 0.0555. The second-order valence-electron chi connectivity index (χ2n) is 6.17. The third-order valence-electron chi connectivity index (χ3n) is 4.04. The van der Waals surface area contributed by atoms with Crippen LogP contribution in [0, 0.1) is 20.2 Å². The molecule has 0 spiro atoms. The Morgan fingerprint density at radius 3 is 2.36 bits per heavy atom. The number of nitro benzene ring substituents is 1. The molecule has 1 aromatic carbocycles. The number of Topliss-reactive ketones (excluding diaryl/α,β-unsaturated/α-hetero) is 1. The molecule has 0 aliphatic heterocycles. The molecule has 148 valence electrons. The van der Waals surface area contributed by atoms with Crippen molar-refractivity contribution in [1.29, 1.82) is 0 Å². The molecule has 28 heavy (non-hydrogen) atoms. The van der Waals surface area contributed by atoms with Crippen LogP contribution in [0.1, 0.15) is 13.8 Å². The van der Waals surface area contributed by atoms with Gasteiger partial charge in [-0.3, -0.25) is 35.6 Å². The highest BCUT2D eigenvalue weighted by Gasteiger charge is 2.48. The van der Waals surface area contributed by atoms with E-state index in [1.54, 1.807) is 0 Å². The van der Waals surface area contributed by atoms with Crippen molar-refractivity contribution in [2.24, 2.45) is 11.5 Å². The Balaban J connectivity index is 2.50. The highest BCUT2D eigenvalue weighted by Crippen LogP contribution is 2.33. The lowest BCUT2D eigenvalue weighted by Crippen LogP contribution is -2.62. The van der Waals surface area contributed by atoms with Crippen molar-refractivity contribution in [1.82, 2.24) is 0 Å². The van der Waals surface area contributed by atoms with Gasteiger partial charge in [0.05, 0.1) is 10.6 Å². The SMILES string of the molecule is CC(=O)Nc1ccc(NC2(N)C=CC(C(C)=O)=C(N)C2[N+](=O)[O-])c([N+](=O)[O-])c1. The van der Waals surface area contributed by atoms with Gasteiger partial charge in [-0.15, -0.1) is 0 Å². The Labute approximate surface area is 158 Å². The average molecular weight is 390 g/mol. The number of nitrogens with two attached hydrogens (primary N) is 2. The highest BCUT2D eigenvalue weighted by atomic mass is 16.6. The predicted octanol–water partition coefficient (Wildman–Crippen LogP) is 0.637. The molecule has 0 saturated heterocycles. The van der Waals surface area contributed by atoms with E-state index in [0.29, 0.717) is 0 Å². The number of hydrogen-bond donors (Lipinski definition) is 4. The van der Waals surface area contributed by atoms with Crippen LogP contribution in [0.25, 0.3) is 0 Å². The van der Waals surface area contributed by atoms with E-state index in [1.165, 1.54) is 38.1 Å². The van der Waals surface area contributed by atoms with Gasteiger partial charge in [-0.2, -0.15) is 0 Å². The predicted molar refractivity (Wildman–Crippen MR) is 99.8 cm³/mol. The fourth-order valence-electron chi connectivity index (χ4n) is 2.83. The molecule has 1 aliphatic carbocycles. The van der Waals surface area contributed by atoms with Crippen molar-refractivity contribution in [2.45, 2.75) is 25.6 Å². The van der Waals surface area contributed by atoms with Gasteiger partial charge in [-0.25, -0.2) is 0 Å². The first-order chi connectivity index (χ1) is 13.0. The van der Waals surface area contributed by atoms with Gasteiger partial charge >= 0.3 is 0 Å². The molecule has 1 aromatic rings. The first-order valence-electron chi connectivity index (χ1n) is 7.92. The molecule has 2 rings (SSSR count). The third-order valence-corrected chi connectivity index (χ3v) is 4.04. The van der Waals surface area contributed by atoms with Gasteiger partial charge in [0.25, 0.3) is 11.7 Å². The summed E-state index contributed by atoms with van der Waals surface area (Å²) >= 11 is 0. The monoisotopic (exact) mass is 390 g/mol. The van der Waals surface area contributed by atoms with Crippen molar-refractivity contribution in [3.05, 3.63) is 61.8 Å². The molecule has 0 aromatic heterocycles. The minimum atomic E-state index is -1.94. The lowest BCUT2D eigenvalue weighted by atomic mass is 9.88. The van der Waals surface area contributed by atoms with Crippen LogP contribution in [-0.4, -0.2) is 33.2 Å². The molecule has 6 N–H and O–H groups in total. The van der Waals surface area contributed by atoms with E-state index in [9.17, 15) is 29.8 Å². The summed E-state index contributed by atoms with van der Waals surface area (Å²) < 4.78 is 0. The molecule has 2 atom stereocenters. The summed E-state index contributed by atoms with van der Waals surface area (Å²) in [6.45, 7) is 2.44. The lowest BCUT2D eigenvalue weighted by molar-refractivity contribution is -0.519. The van der Waals surface area contributed by atoms with Gasteiger partial charge in [0.1, 0.15) is 5.69 Å². The number of nitro groups is 2. The topological polar surface area (TPSA) is 197 Å². The summed E-state index contributed by atoms with van der Waals surface area (Å²) in [5, 5.41) is 28.0. The molecular formula is C16H18N6O6. The molecule has 12 nitrogen and oxygen atoms in total. The normalized spacial score (nSPS) is 21.2. The van der Waals surface area contributed by atoms with Crippen LogP contribution in [0.4, 0.5) is 17.1 Å². The van der Waals surface area contributed by atoms with Gasteiger partial charge in [0.15, 0.2) is 11.4 Å².